The van der Waals surface area contributed by atoms with E-state index in [4.69, 9.17) is 10.2 Å². The normalized spacial score (nSPS) is 26.2. The summed E-state index contributed by atoms with van der Waals surface area (Å²) in [4.78, 5) is 25.5. The summed E-state index contributed by atoms with van der Waals surface area (Å²) in [6.07, 6.45) is 11.4. The number of aromatic nitrogens is 4. The maximum Gasteiger partial charge on any atom is 0.227 e. The van der Waals surface area contributed by atoms with Gasteiger partial charge in [0, 0.05) is 30.1 Å². The van der Waals surface area contributed by atoms with Gasteiger partial charge in [-0.15, -0.1) is 0 Å². The molecule has 0 spiro atoms. The van der Waals surface area contributed by atoms with Crippen LogP contribution >= 0.6 is 0 Å². The average Bonchev–Trinajstić information content (AvgIpc) is 3.40. The highest BCUT2D eigenvalue weighted by molar-refractivity contribution is 6.01. The highest BCUT2D eigenvalue weighted by Gasteiger charge is 2.28. The Balaban J connectivity index is 1.43. The number of hydrogen-bond acceptors (Lipinski definition) is 5. The minimum Gasteiger partial charge on any atom is -0.393 e. The number of pyridine rings is 1. The number of carbonyl (C=O) groups is 1. The minimum absolute atomic E-state index is 0.0145. The number of imidazole rings is 1. The number of hydrogen-bond donors (Lipinski definition) is 3. The number of aromatic amines is 1. The third kappa shape index (κ3) is 4.09. The molecule has 8 nitrogen and oxygen atoms in total. The van der Waals surface area contributed by atoms with Crippen LogP contribution in [0.2, 0.25) is 0 Å². The fourth-order valence-corrected chi connectivity index (χ4v) is 5.54. The van der Waals surface area contributed by atoms with Gasteiger partial charge in [0.1, 0.15) is 17.0 Å². The molecule has 3 heterocycles. The highest BCUT2D eigenvalue weighted by atomic mass is 16.3. The van der Waals surface area contributed by atoms with Crippen LogP contribution in [0.5, 0.6) is 0 Å². The number of H-pyrrole nitrogens is 1. The van der Waals surface area contributed by atoms with E-state index in [1.54, 1.807) is 6.20 Å². The zero-order chi connectivity index (χ0) is 22.1. The van der Waals surface area contributed by atoms with Gasteiger partial charge in [0.2, 0.25) is 5.91 Å². The van der Waals surface area contributed by atoms with E-state index in [1.165, 1.54) is 0 Å². The van der Waals surface area contributed by atoms with Crippen molar-refractivity contribution in [3.05, 3.63) is 24.3 Å². The first-order valence-corrected chi connectivity index (χ1v) is 11.8. The molecule has 0 saturated heterocycles. The molecule has 0 aliphatic heterocycles. The summed E-state index contributed by atoms with van der Waals surface area (Å²) >= 11 is 0. The van der Waals surface area contributed by atoms with Crippen molar-refractivity contribution in [2.75, 3.05) is 0 Å². The molecule has 0 radical (unpaired) electrons. The molecule has 3 N–H and O–H groups in total. The molecule has 3 aromatic rings. The van der Waals surface area contributed by atoms with E-state index >= 15 is 0 Å². The number of aliphatic hydroxyl groups is 1. The minimum atomic E-state index is -0.236. The van der Waals surface area contributed by atoms with Crippen molar-refractivity contribution < 1.29 is 9.90 Å². The Morgan fingerprint density at radius 1 is 1.22 bits per heavy atom. The van der Waals surface area contributed by atoms with E-state index in [0.29, 0.717) is 12.3 Å². The van der Waals surface area contributed by atoms with Crippen molar-refractivity contribution in [2.24, 2.45) is 5.92 Å². The number of nitriles is 1. The maximum atomic E-state index is 12.9. The summed E-state index contributed by atoms with van der Waals surface area (Å²) in [5, 5.41) is 23.0. The molecule has 2 saturated carbocycles. The van der Waals surface area contributed by atoms with Gasteiger partial charge in [-0.25, -0.2) is 9.97 Å². The quantitative estimate of drug-likeness (QED) is 0.567. The molecule has 5 rings (SSSR count). The van der Waals surface area contributed by atoms with Crippen LogP contribution in [0.15, 0.2) is 18.5 Å². The van der Waals surface area contributed by atoms with Crippen LogP contribution < -0.4 is 5.32 Å². The number of rotatable bonds is 5. The molecular formula is C24H30N6O2. The monoisotopic (exact) mass is 434 g/mol. The Morgan fingerprint density at radius 3 is 2.75 bits per heavy atom. The smallest absolute Gasteiger partial charge is 0.227 e. The van der Waals surface area contributed by atoms with Gasteiger partial charge >= 0.3 is 0 Å². The second-order valence-corrected chi connectivity index (χ2v) is 9.42. The van der Waals surface area contributed by atoms with Gasteiger partial charge in [-0.2, -0.15) is 5.26 Å². The maximum absolute atomic E-state index is 12.9. The van der Waals surface area contributed by atoms with E-state index in [2.05, 4.69) is 25.9 Å². The predicted octanol–water partition coefficient (Wildman–Crippen LogP) is 3.52. The van der Waals surface area contributed by atoms with E-state index < -0.39 is 0 Å². The van der Waals surface area contributed by atoms with Gasteiger partial charge in [0.25, 0.3) is 0 Å². The molecule has 32 heavy (non-hydrogen) atoms. The molecule has 2 aliphatic rings. The number of nitrogens with one attached hydrogen (secondary N) is 2. The summed E-state index contributed by atoms with van der Waals surface area (Å²) in [6.45, 7) is 0. The Hall–Kier alpha value is -2.92. The SMILES string of the molecule is N#CCC1CCC(n2c(CC(=O)NC3CCC(O)CC3)nc3cnc4[nH]ccc4c32)CC1. The lowest BCUT2D eigenvalue weighted by Crippen LogP contribution is -2.39. The molecule has 2 fully saturated rings. The summed E-state index contributed by atoms with van der Waals surface area (Å²) in [5.74, 6) is 1.24. The predicted molar refractivity (Wildman–Crippen MR) is 121 cm³/mol. The molecule has 0 unspecified atom stereocenters. The lowest BCUT2D eigenvalue weighted by Gasteiger charge is -2.30. The molecular weight excluding hydrogens is 404 g/mol. The van der Waals surface area contributed by atoms with Crippen LogP contribution in [0.1, 0.15) is 69.7 Å². The van der Waals surface area contributed by atoms with Crippen LogP contribution in [0.25, 0.3) is 22.1 Å². The van der Waals surface area contributed by atoms with Crippen molar-refractivity contribution in [2.45, 2.75) is 82.4 Å². The zero-order valence-electron chi connectivity index (χ0n) is 18.3. The van der Waals surface area contributed by atoms with Crippen LogP contribution in [0.3, 0.4) is 0 Å². The molecule has 2 aliphatic carbocycles. The van der Waals surface area contributed by atoms with Gasteiger partial charge in [0.05, 0.1) is 30.3 Å². The van der Waals surface area contributed by atoms with Gasteiger partial charge in [0.15, 0.2) is 0 Å². The number of aliphatic hydroxyl groups excluding tert-OH is 1. The molecule has 0 atom stereocenters. The largest absolute Gasteiger partial charge is 0.393 e. The first kappa shape index (κ1) is 21.0. The zero-order valence-corrected chi connectivity index (χ0v) is 18.3. The number of amides is 1. The number of carbonyl (C=O) groups excluding carboxylic acids is 1. The average molecular weight is 435 g/mol. The van der Waals surface area contributed by atoms with Crippen molar-refractivity contribution >= 4 is 28.0 Å². The second kappa shape index (κ2) is 8.91. The van der Waals surface area contributed by atoms with E-state index in [9.17, 15) is 9.90 Å². The first-order valence-electron chi connectivity index (χ1n) is 11.8. The standard InChI is InChI=1S/C24H30N6O2/c25-11-9-15-1-5-17(6-2-15)30-21(13-22(32)28-16-3-7-18(31)8-4-16)29-20-14-27-24-19(23(20)30)10-12-26-24/h10,12,14-18,31H,1-9,13H2,(H,26,27)(H,28,32). The fraction of sp³-hybridized carbons (Fsp3) is 0.583. The van der Waals surface area contributed by atoms with Gasteiger partial charge in [-0.05, 0) is 63.4 Å². The summed E-state index contributed by atoms with van der Waals surface area (Å²) in [6, 6.07) is 4.74. The molecule has 1 amide bonds. The third-order valence-electron chi connectivity index (χ3n) is 7.25. The Morgan fingerprint density at radius 2 is 2.00 bits per heavy atom. The highest BCUT2D eigenvalue weighted by Crippen LogP contribution is 2.38. The van der Waals surface area contributed by atoms with E-state index in [0.717, 1.165) is 79.3 Å². The summed E-state index contributed by atoms with van der Waals surface area (Å²) in [5.41, 5.74) is 2.69. The lowest BCUT2D eigenvalue weighted by atomic mass is 9.84. The van der Waals surface area contributed by atoms with Crippen LogP contribution in [-0.4, -0.2) is 42.7 Å². The topological polar surface area (TPSA) is 120 Å². The number of nitrogens with zero attached hydrogens (tertiary/aromatic N) is 4. The van der Waals surface area contributed by atoms with E-state index in [-0.39, 0.29) is 30.5 Å². The van der Waals surface area contributed by atoms with Crippen molar-refractivity contribution in [1.82, 2.24) is 24.8 Å². The van der Waals surface area contributed by atoms with Crippen LogP contribution in [-0.2, 0) is 11.2 Å². The van der Waals surface area contributed by atoms with Crippen LogP contribution in [0, 0.1) is 17.2 Å². The Kier molecular flexibility index (Phi) is 5.83. The van der Waals surface area contributed by atoms with Gasteiger partial charge in [-0.1, -0.05) is 0 Å². The lowest BCUT2D eigenvalue weighted by molar-refractivity contribution is -0.121. The number of fused-ring (bicyclic) bond motifs is 3. The van der Waals surface area contributed by atoms with Crippen molar-refractivity contribution in [3.8, 4) is 6.07 Å². The van der Waals surface area contributed by atoms with Gasteiger partial charge < -0.3 is 20.0 Å². The van der Waals surface area contributed by atoms with Crippen molar-refractivity contribution in [3.63, 3.8) is 0 Å². The first-order chi connectivity index (χ1) is 15.6. The van der Waals surface area contributed by atoms with Gasteiger partial charge in [-0.3, -0.25) is 4.79 Å². The summed E-state index contributed by atoms with van der Waals surface area (Å²) < 4.78 is 2.28. The molecule has 0 bridgehead atoms. The Bertz CT molecular complexity index is 1140. The van der Waals surface area contributed by atoms with Crippen molar-refractivity contribution in [1.29, 1.82) is 5.26 Å². The molecule has 0 aromatic carbocycles. The summed E-state index contributed by atoms with van der Waals surface area (Å²) in [7, 11) is 0. The third-order valence-corrected chi connectivity index (χ3v) is 7.25. The molecule has 168 valence electrons. The molecule has 8 heteroatoms. The molecule has 3 aromatic heterocycles. The fourth-order valence-electron chi connectivity index (χ4n) is 5.54. The Labute approximate surface area is 187 Å². The second-order valence-electron chi connectivity index (χ2n) is 9.42. The van der Waals surface area contributed by atoms with E-state index in [1.807, 2.05) is 12.3 Å². The van der Waals surface area contributed by atoms with Crippen LogP contribution in [0.4, 0.5) is 0 Å².